The van der Waals surface area contributed by atoms with E-state index in [0.717, 1.165) is 12.8 Å². The molecule has 0 aliphatic heterocycles. The van der Waals surface area contributed by atoms with E-state index in [1.54, 1.807) is 27.9 Å². The molecule has 2 saturated carbocycles. The fourth-order valence-electron chi connectivity index (χ4n) is 2.95. The van der Waals surface area contributed by atoms with Crippen LogP contribution in [0.3, 0.4) is 0 Å². The summed E-state index contributed by atoms with van der Waals surface area (Å²) in [6, 6.07) is -0.391. The maximum atomic E-state index is 11.9. The Morgan fingerprint density at radius 2 is 1.84 bits per heavy atom. The molecular formula is C22H39N3O5S. The normalized spacial score (nSPS) is 22.0. The number of allylic oxidation sites excluding steroid dienone is 2. The van der Waals surface area contributed by atoms with E-state index in [-0.39, 0.29) is 29.6 Å². The number of carbonyl (C=O) groups is 3. The van der Waals surface area contributed by atoms with Gasteiger partial charge in [-0.15, -0.1) is 0 Å². The number of nitrogens with one attached hydrogen (secondary N) is 2. The highest BCUT2D eigenvalue weighted by molar-refractivity contribution is 7.91. The number of nitrogens with zero attached hydrogens (tertiary/aromatic N) is 1. The Hall–Kier alpha value is -1.90. The van der Waals surface area contributed by atoms with Crippen molar-refractivity contribution in [2.45, 2.75) is 83.4 Å². The predicted molar refractivity (Wildman–Crippen MR) is 122 cm³/mol. The van der Waals surface area contributed by atoms with Crippen LogP contribution in [0.15, 0.2) is 12.2 Å². The first kappa shape index (κ1) is 27.1. The van der Waals surface area contributed by atoms with Gasteiger partial charge in [0, 0.05) is 26.9 Å². The van der Waals surface area contributed by atoms with Gasteiger partial charge in [0.15, 0.2) is 0 Å². The van der Waals surface area contributed by atoms with E-state index < -0.39 is 20.8 Å². The molecule has 178 valence electrons. The zero-order chi connectivity index (χ0) is 23.8. The van der Waals surface area contributed by atoms with E-state index in [4.69, 9.17) is 0 Å². The summed E-state index contributed by atoms with van der Waals surface area (Å²) in [5.41, 5.74) is 0. The number of hydrogen-bond acceptors (Lipinski definition) is 5. The van der Waals surface area contributed by atoms with Crippen LogP contribution in [0.5, 0.6) is 0 Å². The molecule has 0 heterocycles. The van der Waals surface area contributed by atoms with Gasteiger partial charge in [0.25, 0.3) is 0 Å². The fraction of sp³-hybridized carbons (Fsp3) is 0.773. The Labute approximate surface area is 187 Å². The maximum absolute atomic E-state index is 11.9. The molecule has 0 aromatic heterocycles. The van der Waals surface area contributed by atoms with Crippen molar-refractivity contribution in [1.82, 2.24) is 14.9 Å². The minimum Gasteiger partial charge on any atom is -0.357 e. The summed E-state index contributed by atoms with van der Waals surface area (Å²) < 4.78 is 25.4. The van der Waals surface area contributed by atoms with Crippen LogP contribution in [-0.4, -0.2) is 55.9 Å². The number of likely N-dealkylation sites (N-methyl/N-ethyl adjacent to an activating group) is 2. The summed E-state index contributed by atoms with van der Waals surface area (Å²) in [6.45, 7) is 6.98. The van der Waals surface area contributed by atoms with Gasteiger partial charge in [-0.3, -0.25) is 19.1 Å². The number of rotatable bonds is 10. The van der Waals surface area contributed by atoms with Crippen LogP contribution in [0.4, 0.5) is 0 Å². The van der Waals surface area contributed by atoms with Crippen LogP contribution in [0.1, 0.15) is 72.6 Å². The molecule has 31 heavy (non-hydrogen) atoms. The Balaban J connectivity index is 0.000000373. The summed E-state index contributed by atoms with van der Waals surface area (Å²) in [4.78, 5) is 35.0. The molecule has 2 fully saturated rings. The number of carbonyl (C=O) groups excluding carboxylic acids is 3. The Morgan fingerprint density at radius 1 is 1.23 bits per heavy atom. The second kappa shape index (κ2) is 11.6. The largest absolute Gasteiger partial charge is 0.357 e. The molecule has 2 N–H and O–H groups in total. The van der Waals surface area contributed by atoms with E-state index in [2.05, 4.69) is 29.1 Å². The number of amides is 3. The lowest BCUT2D eigenvalue weighted by atomic mass is 10.2. The SMILES string of the molecule is CCCCC/C=C\C1C[C@@H]1C(=O)NS(=O)(=O)C1(C)CC1.CNC(=O)[C@H](C)N(C)C(C)=O. The molecule has 0 saturated heterocycles. The monoisotopic (exact) mass is 457 g/mol. The second-order valence-corrected chi connectivity index (χ2v) is 11.0. The minimum atomic E-state index is -3.47. The van der Waals surface area contributed by atoms with Crippen molar-refractivity contribution in [1.29, 1.82) is 0 Å². The van der Waals surface area contributed by atoms with Crippen molar-refractivity contribution in [3.8, 4) is 0 Å². The average molecular weight is 458 g/mol. The minimum absolute atomic E-state index is 0.110. The van der Waals surface area contributed by atoms with Crippen LogP contribution < -0.4 is 10.0 Å². The van der Waals surface area contributed by atoms with Gasteiger partial charge >= 0.3 is 0 Å². The Kier molecular flexibility index (Phi) is 10.2. The van der Waals surface area contributed by atoms with E-state index in [1.165, 1.54) is 31.1 Å². The molecule has 9 heteroatoms. The van der Waals surface area contributed by atoms with E-state index in [0.29, 0.717) is 12.8 Å². The maximum Gasteiger partial charge on any atom is 0.242 e. The number of sulfonamides is 1. The first-order valence-corrected chi connectivity index (χ1v) is 12.6. The highest BCUT2D eigenvalue weighted by Gasteiger charge is 2.52. The second-order valence-electron chi connectivity index (χ2n) is 8.77. The van der Waals surface area contributed by atoms with Crippen LogP contribution in [0, 0.1) is 11.8 Å². The van der Waals surface area contributed by atoms with Gasteiger partial charge in [-0.2, -0.15) is 0 Å². The Morgan fingerprint density at radius 3 is 2.32 bits per heavy atom. The lowest BCUT2D eigenvalue weighted by molar-refractivity contribution is -0.136. The van der Waals surface area contributed by atoms with Crippen molar-refractivity contribution in [3.63, 3.8) is 0 Å². The number of unbranched alkanes of at least 4 members (excludes halogenated alkanes) is 3. The summed E-state index contributed by atoms with van der Waals surface area (Å²) in [5, 5.41) is 2.47. The third-order valence-corrected chi connectivity index (χ3v) is 8.25. The first-order valence-electron chi connectivity index (χ1n) is 11.1. The molecule has 0 spiro atoms. The van der Waals surface area contributed by atoms with Gasteiger partial charge in [-0.1, -0.05) is 31.9 Å². The molecule has 0 bridgehead atoms. The summed E-state index contributed by atoms with van der Waals surface area (Å²) in [5.74, 6) is -0.487. The molecule has 2 rings (SSSR count). The first-order chi connectivity index (χ1) is 14.4. The quantitative estimate of drug-likeness (QED) is 0.386. The third kappa shape index (κ3) is 8.27. The standard InChI is InChI=1S/C15H25NO3S.C7H14N2O2/c1-3-4-5-6-7-8-12-11-13(12)14(17)16-20(18,19)15(2)9-10-15;1-5(7(11)8-3)9(4)6(2)10/h7-8,12-13H,3-6,9-11H2,1-2H3,(H,16,17);5H,1-4H3,(H,8,11)/b8-7-;/t12?,13-;5-/m00/s1. The topological polar surface area (TPSA) is 113 Å². The van der Waals surface area contributed by atoms with Gasteiger partial charge in [0.1, 0.15) is 6.04 Å². The lowest BCUT2D eigenvalue weighted by Crippen LogP contribution is -2.43. The molecule has 0 aromatic carbocycles. The molecule has 8 nitrogen and oxygen atoms in total. The lowest BCUT2D eigenvalue weighted by Gasteiger charge is -2.21. The van der Waals surface area contributed by atoms with Crippen LogP contribution in [-0.2, 0) is 24.4 Å². The van der Waals surface area contributed by atoms with Gasteiger partial charge < -0.3 is 10.2 Å². The fourth-order valence-corrected chi connectivity index (χ4v) is 4.25. The van der Waals surface area contributed by atoms with Crippen molar-refractivity contribution >= 4 is 27.7 Å². The van der Waals surface area contributed by atoms with E-state index >= 15 is 0 Å². The Bertz CT molecular complexity index is 774. The van der Waals surface area contributed by atoms with Crippen LogP contribution in [0.2, 0.25) is 0 Å². The van der Waals surface area contributed by atoms with Gasteiger partial charge in [-0.25, -0.2) is 8.42 Å². The molecule has 3 atom stereocenters. The van der Waals surface area contributed by atoms with Crippen molar-refractivity contribution in [2.75, 3.05) is 14.1 Å². The highest BCUT2D eigenvalue weighted by Crippen LogP contribution is 2.44. The van der Waals surface area contributed by atoms with Crippen molar-refractivity contribution in [2.24, 2.45) is 11.8 Å². The van der Waals surface area contributed by atoms with Crippen LogP contribution in [0.25, 0.3) is 0 Å². The molecule has 2 aliphatic rings. The molecule has 0 aromatic rings. The summed E-state index contributed by atoms with van der Waals surface area (Å²) >= 11 is 0. The molecule has 2 aliphatic carbocycles. The van der Waals surface area contributed by atoms with E-state index in [1.807, 2.05) is 0 Å². The zero-order valence-corrected chi connectivity index (χ0v) is 20.5. The van der Waals surface area contributed by atoms with E-state index in [9.17, 15) is 22.8 Å². The molecule has 1 unspecified atom stereocenters. The van der Waals surface area contributed by atoms with Crippen molar-refractivity contribution in [3.05, 3.63) is 12.2 Å². The zero-order valence-electron chi connectivity index (χ0n) is 19.7. The third-order valence-electron chi connectivity index (χ3n) is 6.08. The number of hydrogen-bond donors (Lipinski definition) is 2. The highest BCUT2D eigenvalue weighted by atomic mass is 32.2. The van der Waals surface area contributed by atoms with Gasteiger partial charge in [0.05, 0.1) is 4.75 Å². The summed E-state index contributed by atoms with van der Waals surface area (Å²) in [7, 11) is -0.323. The van der Waals surface area contributed by atoms with Gasteiger partial charge in [0.2, 0.25) is 27.7 Å². The van der Waals surface area contributed by atoms with Gasteiger partial charge in [-0.05, 0) is 51.9 Å². The van der Waals surface area contributed by atoms with Crippen LogP contribution >= 0.6 is 0 Å². The molecular weight excluding hydrogens is 418 g/mol. The molecule has 3 amide bonds. The summed E-state index contributed by atoms with van der Waals surface area (Å²) in [6.07, 6.45) is 11.0. The smallest absolute Gasteiger partial charge is 0.242 e. The van der Waals surface area contributed by atoms with Crippen molar-refractivity contribution < 1.29 is 22.8 Å². The molecule has 0 radical (unpaired) electrons. The average Bonchev–Trinajstić information content (AvgIpc) is 3.63. The predicted octanol–water partition coefficient (Wildman–Crippen LogP) is 2.36.